The minimum Gasteiger partial charge on any atom is -0.343 e. The number of rotatable bonds is 1. The summed E-state index contributed by atoms with van der Waals surface area (Å²) in [7, 11) is 0. The molecule has 5 nitrogen and oxygen atoms in total. The molecule has 0 radical (unpaired) electrons. The third-order valence-electron chi connectivity index (χ3n) is 3.66. The molecule has 110 valence electrons. The second-order valence-corrected chi connectivity index (χ2v) is 5.92. The molecule has 2 aromatic rings. The van der Waals surface area contributed by atoms with E-state index in [1.807, 2.05) is 30.0 Å². The van der Waals surface area contributed by atoms with Gasteiger partial charge < -0.3 is 15.3 Å². The van der Waals surface area contributed by atoms with Gasteiger partial charge in [-0.1, -0.05) is 11.6 Å². The zero-order chi connectivity index (χ0) is 15.0. The van der Waals surface area contributed by atoms with Gasteiger partial charge in [0.05, 0.1) is 12.2 Å². The number of hydrogen-bond donors (Lipinski definition) is 3. The molecule has 2 heterocycles. The van der Waals surface area contributed by atoms with Crippen LogP contribution in [0.2, 0.25) is 5.02 Å². The second-order valence-electron chi connectivity index (χ2n) is 5.10. The number of fused-ring (bicyclic) bond motifs is 1. The highest BCUT2D eigenvalue weighted by molar-refractivity contribution is 7.80. The fourth-order valence-electron chi connectivity index (χ4n) is 2.47. The lowest BCUT2D eigenvalue weighted by Gasteiger charge is -2.29. The summed E-state index contributed by atoms with van der Waals surface area (Å²) >= 11 is 11.4. The van der Waals surface area contributed by atoms with Crippen molar-refractivity contribution < 1.29 is 0 Å². The maximum atomic E-state index is 11.5. The molecule has 3 rings (SSSR count). The third kappa shape index (κ3) is 2.82. The van der Waals surface area contributed by atoms with Crippen LogP contribution in [0.5, 0.6) is 0 Å². The molecule has 1 aromatic heterocycles. The van der Waals surface area contributed by atoms with Crippen LogP contribution in [0.15, 0.2) is 23.0 Å². The highest BCUT2D eigenvalue weighted by Crippen LogP contribution is 2.21. The van der Waals surface area contributed by atoms with Gasteiger partial charge in [0.15, 0.2) is 5.11 Å². The first-order valence-electron chi connectivity index (χ1n) is 6.65. The summed E-state index contributed by atoms with van der Waals surface area (Å²) in [6.45, 7) is 3.31. The molecule has 0 bridgehead atoms. The van der Waals surface area contributed by atoms with Crippen molar-refractivity contribution in [3.8, 4) is 0 Å². The largest absolute Gasteiger partial charge is 0.343 e. The van der Waals surface area contributed by atoms with Crippen LogP contribution in [0.1, 0.15) is 16.8 Å². The molecule has 1 aliphatic rings. The summed E-state index contributed by atoms with van der Waals surface area (Å²) in [6.07, 6.45) is 0.690. The topological polar surface area (TPSA) is 63.9 Å². The summed E-state index contributed by atoms with van der Waals surface area (Å²) in [5.41, 5.74) is 3.69. The molecule has 0 saturated carbocycles. The Kier molecular flexibility index (Phi) is 3.73. The van der Waals surface area contributed by atoms with Gasteiger partial charge in [-0.25, -0.2) is 0 Å². The average Bonchev–Trinajstić information content (AvgIpc) is 2.83. The van der Waals surface area contributed by atoms with E-state index < -0.39 is 0 Å². The van der Waals surface area contributed by atoms with Crippen LogP contribution >= 0.6 is 23.8 Å². The number of H-pyrrole nitrogens is 2. The smallest absolute Gasteiger partial charge is 0.267 e. The van der Waals surface area contributed by atoms with Gasteiger partial charge in [-0.15, -0.1) is 0 Å². The van der Waals surface area contributed by atoms with Crippen LogP contribution in [0, 0.1) is 6.92 Å². The van der Waals surface area contributed by atoms with Crippen molar-refractivity contribution in [2.45, 2.75) is 19.9 Å². The number of nitrogens with zero attached hydrogens (tertiary/aromatic N) is 1. The van der Waals surface area contributed by atoms with Gasteiger partial charge in [-0.3, -0.25) is 9.89 Å². The number of anilines is 1. The maximum Gasteiger partial charge on any atom is 0.267 e. The lowest BCUT2D eigenvalue weighted by Crippen LogP contribution is -2.39. The van der Waals surface area contributed by atoms with Crippen molar-refractivity contribution in [3.63, 3.8) is 0 Å². The SMILES string of the molecule is Cc1cc(Cl)ccc1NC(=S)N1CCc2c([nH][nH]c2=O)C1. The number of nitrogens with one attached hydrogen (secondary N) is 3. The highest BCUT2D eigenvalue weighted by atomic mass is 35.5. The molecule has 0 fully saturated rings. The first-order chi connectivity index (χ1) is 10.0. The van der Waals surface area contributed by atoms with Crippen LogP contribution in [-0.2, 0) is 13.0 Å². The van der Waals surface area contributed by atoms with Gasteiger partial charge in [0.2, 0.25) is 0 Å². The zero-order valence-electron chi connectivity index (χ0n) is 11.5. The fraction of sp³-hybridized carbons (Fsp3) is 0.286. The van der Waals surface area contributed by atoms with E-state index in [2.05, 4.69) is 15.5 Å². The molecule has 1 aromatic carbocycles. The summed E-state index contributed by atoms with van der Waals surface area (Å²) < 4.78 is 0. The molecular weight excluding hydrogens is 308 g/mol. The third-order valence-corrected chi connectivity index (χ3v) is 4.26. The normalized spacial score (nSPS) is 13.9. The maximum absolute atomic E-state index is 11.5. The molecule has 0 saturated heterocycles. The van der Waals surface area contributed by atoms with E-state index in [0.717, 1.165) is 29.1 Å². The van der Waals surface area contributed by atoms with Gasteiger partial charge in [0, 0.05) is 22.8 Å². The highest BCUT2D eigenvalue weighted by Gasteiger charge is 2.22. The molecule has 0 unspecified atom stereocenters. The lowest BCUT2D eigenvalue weighted by molar-refractivity contribution is 0.394. The van der Waals surface area contributed by atoms with Crippen molar-refractivity contribution in [1.29, 1.82) is 0 Å². The number of aromatic nitrogens is 2. The number of aromatic amines is 2. The Morgan fingerprint density at radius 1 is 1.43 bits per heavy atom. The van der Waals surface area contributed by atoms with Crippen LogP contribution < -0.4 is 10.9 Å². The van der Waals surface area contributed by atoms with Gasteiger partial charge in [0.25, 0.3) is 5.56 Å². The Bertz CT molecular complexity index is 752. The van der Waals surface area contributed by atoms with Crippen molar-refractivity contribution in [1.82, 2.24) is 15.1 Å². The number of hydrogen-bond acceptors (Lipinski definition) is 2. The Morgan fingerprint density at radius 2 is 2.24 bits per heavy atom. The summed E-state index contributed by atoms with van der Waals surface area (Å²) in [5.74, 6) is 0. The van der Waals surface area contributed by atoms with Crippen LogP contribution in [0.4, 0.5) is 5.69 Å². The predicted octanol–water partition coefficient (Wildman–Crippen LogP) is 2.42. The standard InChI is InChI=1S/C14H15ClN4OS/c1-8-6-9(15)2-3-11(8)16-14(21)19-5-4-10-12(7-19)17-18-13(10)20/h2-3,6H,4-5,7H2,1H3,(H,16,21)(H2,17,18,20). The van der Waals surface area contributed by atoms with Gasteiger partial charge in [0.1, 0.15) is 0 Å². The Morgan fingerprint density at radius 3 is 3.00 bits per heavy atom. The van der Waals surface area contributed by atoms with Gasteiger partial charge >= 0.3 is 0 Å². The lowest BCUT2D eigenvalue weighted by atomic mass is 10.1. The summed E-state index contributed by atoms with van der Waals surface area (Å²) in [4.78, 5) is 13.6. The number of halogens is 1. The molecular formula is C14H15ClN4OS. The number of aryl methyl sites for hydroxylation is 1. The number of thiocarbonyl (C=S) groups is 1. The molecule has 21 heavy (non-hydrogen) atoms. The van der Waals surface area contributed by atoms with Crippen LogP contribution in [-0.4, -0.2) is 26.8 Å². The van der Waals surface area contributed by atoms with Gasteiger partial charge in [-0.2, -0.15) is 0 Å². The first-order valence-corrected chi connectivity index (χ1v) is 7.43. The number of benzene rings is 1. The van der Waals surface area contributed by atoms with Crippen LogP contribution in [0.3, 0.4) is 0 Å². The fourth-order valence-corrected chi connectivity index (χ4v) is 2.96. The minimum atomic E-state index is -0.0305. The second kappa shape index (κ2) is 5.54. The Balaban J connectivity index is 1.73. The Hall–Kier alpha value is -1.79. The molecule has 0 aliphatic carbocycles. The molecule has 0 amide bonds. The molecule has 0 atom stereocenters. The Labute approximate surface area is 132 Å². The first kappa shape index (κ1) is 14.2. The van der Waals surface area contributed by atoms with Gasteiger partial charge in [-0.05, 0) is 49.3 Å². The quantitative estimate of drug-likeness (QED) is 0.706. The van der Waals surface area contributed by atoms with E-state index in [9.17, 15) is 4.79 Å². The van der Waals surface area contributed by atoms with E-state index >= 15 is 0 Å². The summed E-state index contributed by atoms with van der Waals surface area (Å²) in [6, 6.07) is 5.64. The van der Waals surface area contributed by atoms with E-state index in [0.29, 0.717) is 23.1 Å². The predicted molar refractivity (Wildman–Crippen MR) is 87.9 cm³/mol. The average molecular weight is 323 g/mol. The molecule has 3 N–H and O–H groups in total. The molecule has 1 aliphatic heterocycles. The van der Waals surface area contributed by atoms with Crippen molar-refractivity contribution in [2.75, 3.05) is 11.9 Å². The van der Waals surface area contributed by atoms with E-state index in [1.54, 1.807) is 0 Å². The van der Waals surface area contributed by atoms with E-state index in [-0.39, 0.29) is 5.56 Å². The van der Waals surface area contributed by atoms with Crippen molar-refractivity contribution in [3.05, 3.63) is 50.4 Å². The van der Waals surface area contributed by atoms with E-state index in [1.165, 1.54) is 0 Å². The summed E-state index contributed by atoms with van der Waals surface area (Å²) in [5, 5.41) is 10.1. The van der Waals surface area contributed by atoms with Crippen molar-refractivity contribution in [2.24, 2.45) is 0 Å². The zero-order valence-corrected chi connectivity index (χ0v) is 13.1. The monoisotopic (exact) mass is 322 g/mol. The minimum absolute atomic E-state index is 0.0305. The van der Waals surface area contributed by atoms with E-state index in [4.69, 9.17) is 23.8 Å². The van der Waals surface area contributed by atoms with Crippen LogP contribution in [0.25, 0.3) is 0 Å². The molecule has 0 spiro atoms. The molecule has 7 heteroatoms. The van der Waals surface area contributed by atoms with Crippen molar-refractivity contribution >= 4 is 34.6 Å².